The molecule has 0 spiro atoms. The number of aromatic nitrogens is 1. The molecule has 0 aromatic carbocycles. The molecule has 1 rings (SSSR count). The van der Waals surface area contributed by atoms with Gasteiger partial charge in [-0.3, -0.25) is 0 Å². The molecule has 0 aliphatic rings. The third-order valence-corrected chi connectivity index (χ3v) is 1.91. The van der Waals surface area contributed by atoms with Crippen LogP contribution >= 0.6 is 0 Å². The number of ether oxygens (including phenoxy) is 1. The molecule has 0 aliphatic carbocycles. The number of anilines is 1. The van der Waals surface area contributed by atoms with Gasteiger partial charge in [0.1, 0.15) is 5.82 Å². The second kappa shape index (κ2) is 4.94. The standard InChI is InChI=1S/C11H17N3O2/c1-11(2,12)7-14-9-5-4-8(6-13-9)10(15)16-3/h4-6H,7,12H2,1-3H3,(H,13,14). The van der Waals surface area contributed by atoms with Crippen LogP contribution in [0, 0.1) is 0 Å². The molecule has 0 saturated heterocycles. The van der Waals surface area contributed by atoms with E-state index in [1.165, 1.54) is 13.3 Å². The average Bonchev–Trinajstić information content (AvgIpc) is 2.25. The Kier molecular flexibility index (Phi) is 3.84. The number of nitrogens with two attached hydrogens (primary N) is 1. The van der Waals surface area contributed by atoms with E-state index in [0.29, 0.717) is 17.9 Å². The highest BCUT2D eigenvalue weighted by Gasteiger charge is 2.10. The van der Waals surface area contributed by atoms with Gasteiger partial charge in [-0.15, -0.1) is 0 Å². The van der Waals surface area contributed by atoms with Crippen LogP contribution in [-0.2, 0) is 4.74 Å². The fourth-order valence-corrected chi connectivity index (χ4v) is 1.06. The maximum absolute atomic E-state index is 11.1. The molecule has 0 atom stereocenters. The highest BCUT2D eigenvalue weighted by molar-refractivity contribution is 5.89. The number of carbonyl (C=O) groups excluding carboxylic acids is 1. The summed E-state index contributed by atoms with van der Waals surface area (Å²) in [5.74, 6) is 0.296. The van der Waals surface area contributed by atoms with Gasteiger partial charge in [-0.2, -0.15) is 0 Å². The molecule has 0 bridgehead atoms. The molecule has 0 unspecified atom stereocenters. The Bertz CT molecular complexity index is 354. The van der Waals surface area contributed by atoms with Crippen molar-refractivity contribution in [1.29, 1.82) is 0 Å². The second-order valence-electron chi connectivity index (χ2n) is 4.27. The number of carbonyl (C=O) groups is 1. The van der Waals surface area contributed by atoms with E-state index in [0.717, 1.165) is 0 Å². The zero-order chi connectivity index (χ0) is 12.2. The van der Waals surface area contributed by atoms with Crippen LogP contribution in [0.15, 0.2) is 18.3 Å². The van der Waals surface area contributed by atoms with E-state index in [4.69, 9.17) is 5.73 Å². The molecule has 0 amide bonds. The summed E-state index contributed by atoms with van der Waals surface area (Å²) in [6, 6.07) is 3.38. The minimum atomic E-state index is -0.391. The van der Waals surface area contributed by atoms with Crippen molar-refractivity contribution in [2.75, 3.05) is 19.0 Å². The van der Waals surface area contributed by atoms with Crippen LogP contribution in [0.25, 0.3) is 0 Å². The van der Waals surface area contributed by atoms with Gasteiger partial charge in [0.2, 0.25) is 0 Å². The lowest BCUT2D eigenvalue weighted by atomic mass is 10.1. The quantitative estimate of drug-likeness (QED) is 0.745. The molecular formula is C11H17N3O2. The number of esters is 1. The highest BCUT2D eigenvalue weighted by Crippen LogP contribution is 2.07. The monoisotopic (exact) mass is 223 g/mol. The van der Waals surface area contributed by atoms with Gasteiger partial charge in [0.15, 0.2) is 0 Å². The van der Waals surface area contributed by atoms with Crippen molar-refractivity contribution in [2.24, 2.45) is 5.73 Å². The summed E-state index contributed by atoms with van der Waals surface area (Å²) in [6.45, 7) is 4.45. The summed E-state index contributed by atoms with van der Waals surface area (Å²) in [7, 11) is 1.34. The molecule has 5 heteroatoms. The smallest absolute Gasteiger partial charge is 0.339 e. The van der Waals surface area contributed by atoms with Crippen LogP contribution in [0.2, 0.25) is 0 Å². The van der Waals surface area contributed by atoms with E-state index < -0.39 is 5.97 Å². The highest BCUT2D eigenvalue weighted by atomic mass is 16.5. The van der Waals surface area contributed by atoms with Gasteiger partial charge in [0.25, 0.3) is 0 Å². The third kappa shape index (κ3) is 3.86. The van der Waals surface area contributed by atoms with Crippen molar-refractivity contribution in [3.8, 4) is 0 Å². The summed E-state index contributed by atoms with van der Waals surface area (Å²) >= 11 is 0. The Labute approximate surface area is 95.0 Å². The molecule has 88 valence electrons. The number of hydrogen-bond acceptors (Lipinski definition) is 5. The lowest BCUT2D eigenvalue weighted by molar-refractivity contribution is 0.0600. The Morgan fingerprint density at radius 3 is 2.69 bits per heavy atom. The van der Waals surface area contributed by atoms with Gasteiger partial charge >= 0.3 is 5.97 Å². The molecule has 1 aromatic rings. The van der Waals surface area contributed by atoms with E-state index in [2.05, 4.69) is 15.0 Å². The van der Waals surface area contributed by atoms with Crippen LogP contribution in [0.1, 0.15) is 24.2 Å². The fourth-order valence-electron chi connectivity index (χ4n) is 1.06. The third-order valence-electron chi connectivity index (χ3n) is 1.91. The zero-order valence-electron chi connectivity index (χ0n) is 9.78. The van der Waals surface area contributed by atoms with Gasteiger partial charge in [0.05, 0.1) is 12.7 Å². The molecule has 3 N–H and O–H groups in total. The number of pyridine rings is 1. The van der Waals surface area contributed by atoms with E-state index in [9.17, 15) is 4.79 Å². The molecule has 0 saturated carbocycles. The first-order valence-electron chi connectivity index (χ1n) is 4.99. The van der Waals surface area contributed by atoms with Crippen molar-refractivity contribution in [3.63, 3.8) is 0 Å². The largest absolute Gasteiger partial charge is 0.465 e. The molecule has 0 aliphatic heterocycles. The first-order chi connectivity index (χ1) is 7.42. The Morgan fingerprint density at radius 2 is 2.25 bits per heavy atom. The molecule has 5 nitrogen and oxygen atoms in total. The molecule has 16 heavy (non-hydrogen) atoms. The minimum Gasteiger partial charge on any atom is -0.465 e. The Morgan fingerprint density at radius 1 is 1.56 bits per heavy atom. The summed E-state index contributed by atoms with van der Waals surface area (Å²) in [5, 5.41) is 3.08. The van der Waals surface area contributed by atoms with Crippen molar-refractivity contribution in [3.05, 3.63) is 23.9 Å². The van der Waals surface area contributed by atoms with Crippen LogP contribution in [-0.4, -0.2) is 30.1 Å². The minimum absolute atomic E-state index is 0.303. The molecule has 0 radical (unpaired) electrons. The number of methoxy groups -OCH3 is 1. The van der Waals surface area contributed by atoms with Crippen molar-refractivity contribution in [2.45, 2.75) is 19.4 Å². The zero-order valence-corrected chi connectivity index (χ0v) is 9.78. The van der Waals surface area contributed by atoms with E-state index in [-0.39, 0.29) is 5.54 Å². The fraction of sp³-hybridized carbons (Fsp3) is 0.455. The average molecular weight is 223 g/mol. The first-order valence-corrected chi connectivity index (χ1v) is 4.99. The second-order valence-corrected chi connectivity index (χ2v) is 4.27. The van der Waals surface area contributed by atoms with Crippen LogP contribution in [0.3, 0.4) is 0 Å². The van der Waals surface area contributed by atoms with E-state index in [1.54, 1.807) is 12.1 Å². The summed E-state index contributed by atoms with van der Waals surface area (Å²) in [5.41, 5.74) is 5.95. The van der Waals surface area contributed by atoms with Crippen molar-refractivity contribution in [1.82, 2.24) is 4.98 Å². The predicted octanol–water partition coefficient (Wildman–Crippen LogP) is 1.02. The number of nitrogens with zero attached hydrogens (tertiary/aromatic N) is 1. The van der Waals surface area contributed by atoms with Crippen LogP contribution in [0.4, 0.5) is 5.82 Å². The van der Waals surface area contributed by atoms with E-state index >= 15 is 0 Å². The molecule has 0 fully saturated rings. The lowest BCUT2D eigenvalue weighted by Gasteiger charge is -2.19. The SMILES string of the molecule is COC(=O)c1ccc(NCC(C)(C)N)nc1. The van der Waals surface area contributed by atoms with Crippen LogP contribution < -0.4 is 11.1 Å². The van der Waals surface area contributed by atoms with Crippen molar-refractivity contribution < 1.29 is 9.53 Å². The first kappa shape index (κ1) is 12.4. The van der Waals surface area contributed by atoms with Gasteiger partial charge in [0, 0.05) is 18.3 Å². The van der Waals surface area contributed by atoms with Crippen molar-refractivity contribution >= 4 is 11.8 Å². The molecular weight excluding hydrogens is 206 g/mol. The predicted molar refractivity (Wildman–Crippen MR) is 62.3 cm³/mol. The van der Waals surface area contributed by atoms with Gasteiger partial charge in [-0.25, -0.2) is 9.78 Å². The maximum Gasteiger partial charge on any atom is 0.339 e. The maximum atomic E-state index is 11.1. The normalized spacial score (nSPS) is 11.0. The Hall–Kier alpha value is -1.62. The summed E-state index contributed by atoms with van der Waals surface area (Å²) in [6.07, 6.45) is 1.47. The Balaban J connectivity index is 2.62. The van der Waals surface area contributed by atoms with Gasteiger partial charge in [-0.1, -0.05) is 0 Å². The topological polar surface area (TPSA) is 77.2 Å². The number of hydrogen-bond donors (Lipinski definition) is 2. The summed E-state index contributed by atoms with van der Waals surface area (Å²) in [4.78, 5) is 15.2. The lowest BCUT2D eigenvalue weighted by Crippen LogP contribution is -2.39. The summed E-state index contributed by atoms with van der Waals surface area (Å²) < 4.78 is 4.57. The van der Waals surface area contributed by atoms with E-state index in [1.807, 2.05) is 13.8 Å². The van der Waals surface area contributed by atoms with Crippen LogP contribution in [0.5, 0.6) is 0 Å². The molecule has 1 heterocycles. The van der Waals surface area contributed by atoms with Gasteiger partial charge < -0.3 is 15.8 Å². The number of nitrogens with one attached hydrogen (secondary N) is 1. The van der Waals surface area contributed by atoms with Gasteiger partial charge in [-0.05, 0) is 26.0 Å². The number of rotatable bonds is 4. The molecule has 1 aromatic heterocycles.